The van der Waals surface area contributed by atoms with E-state index in [1.54, 1.807) is 24.5 Å². The highest BCUT2D eigenvalue weighted by molar-refractivity contribution is 5.83. The molecule has 0 amide bonds. The van der Waals surface area contributed by atoms with Gasteiger partial charge >= 0.3 is 0 Å². The van der Waals surface area contributed by atoms with Gasteiger partial charge in [-0.2, -0.15) is 0 Å². The predicted molar refractivity (Wildman–Crippen MR) is 89.0 cm³/mol. The summed E-state index contributed by atoms with van der Waals surface area (Å²) < 4.78 is 15.3. The lowest BCUT2D eigenvalue weighted by atomic mass is 10.2. The molecule has 0 N–H and O–H groups in total. The van der Waals surface area contributed by atoms with Gasteiger partial charge in [0.05, 0.1) is 16.7 Å². The van der Waals surface area contributed by atoms with Crippen molar-refractivity contribution < 1.29 is 4.39 Å². The molecule has 23 heavy (non-hydrogen) atoms. The second-order valence-electron chi connectivity index (χ2n) is 5.48. The number of hydrogen-bond acceptors (Lipinski definition) is 2. The molecular weight excluding hydrogens is 289 g/mol. The molecule has 4 aromatic rings. The Morgan fingerprint density at radius 1 is 0.913 bits per heavy atom. The molecule has 0 spiro atoms. The molecule has 0 saturated heterocycles. The predicted octanol–water partition coefficient (Wildman–Crippen LogP) is 4.54. The zero-order valence-corrected chi connectivity index (χ0v) is 12.6. The summed E-state index contributed by atoms with van der Waals surface area (Å²) in [6.07, 6.45) is 3.51. The van der Waals surface area contributed by atoms with Crippen LogP contribution in [0.1, 0.15) is 5.56 Å². The van der Waals surface area contributed by atoms with Gasteiger partial charge in [0.15, 0.2) is 0 Å². The highest BCUT2D eigenvalue weighted by Gasteiger charge is 2.14. The van der Waals surface area contributed by atoms with Crippen LogP contribution < -0.4 is 0 Å². The fourth-order valence-electron chi connectivity index (χ4n) is 2.74. The number of rotatable bonds is 2. The summed E-state index contributed by atoms with van der Waals surface area (Å²) in [6, 6.07) is 16.5. The summed E-state index contributed by atoms with van der Waals surface area (Å²) in [5, 5.41) is 0. The van der Waals surface area contributed by atoms with Crippen molar-refractivity contribution in [3.05, 3.63) is 78.4 Å². The second kappa shape index (κ2) is 5.32. The van der Waals surface area contributed by atoms with E-state index >= 15 is 0 Å². The Kier molecular flexibility index (Phi) is 3.15. The number of halogens is 1. The molecule has 3 nitrogen and oxygen atoms in total. The Balaban J connectivity index is 2.04. The van der Waals surface area contributed by atoms with Crippen molar-refractivity contribution in [2.45, 2.75) is 6.92 Å². The molecule has 4 rings (SSSR count). The average molecular weight is 303 g/mol. The van der Waals surface area contributed by atoms with Crippen LogP contribution in [0.25, 0.3) is 28.1 Å². The second-order valence-corrected chi connectivity index (χ2v) is 5.48. The summed E-state index contributed by atoms with van der Waals surface area (Å²) in [5.41, 5.74) is 4.94. The van der Waals surface area contributed by atoms with Gasteiger partial charge in [-0.3, -0.25) is 9.55 Å². The fraction of sp³-hybridized carbons (Fsp3) is 0.0526. The van der Waals surface area contributed by atoms with E-state index < -0.39 is 0 Å². The van der Waals surface area contributed by atoms with E-state index in [2.05, 4.69) is 27.8 Å². The van der Waals surface area contributed by atoms with Crippen molar-refractivity contribution in [2.24, 2.45) is 0 Å². The van der Waals surface area contributed by atoms with Crippen molar-refractivity contribution in [3.8, 4) is 17.1 Å². The summed E-state index contributed by atoms with van der Waals surface area (Å²) in [5.74, 6) is 0.535. The van der Waals surface area contributed by atoms with Crippen LogP contribution in [0.3, 0.4) is 0 Å². The summed E-state index contributed by atoms with van der Waals surface area (Å²) in [7, 11) is 0. The van der Waals surface area contributed by atoms with Gasteiger partial charge in [-0.25, -0.2) is 9.37 Å². The Labute approximate surface area is 133 Å². The van der Waals surface area contributed by atoms with Crippen molar-refractivity contribution in [2.75, 3.05) is 0 Å². The lowest BCUT2D eigenvalue weighted by Crippen LogP contribution is -1.97. The molecule has 0 aliphatic carbocycles. The molecule has 0 aliphatic rings. The van der Waals surface area contributed by atoms with Crippen molar-refractivity contribution in [3.63, 3.8) is 0 Å². The highest BCUT2D eigenvalue weighted by Crippen LogP contribution is 2.29. The molecule has 0 saturated carbocycles. The molecular formula is C19H14FN3. The molecule has 0 aliphatic heterocycles. The van der Waals surface area contributed by atoms with Crippen LogP contribution >= 0.6 is 0 Å². The van der Waals surface area contributed by atoms with Crippen LogP contribution in [0.5, 0.6) is 0 Å². The highest BCUT2D eigenvalue weighted by atomic mass is 19.1. The first-order valence-corrected chi connectivity index (χ1v) is 7.38. The minimum atomic E-state index is -0.254. The molecule has 0 atom stereocenters. The maximum Gasteiger partial charge on any atom is 0.145 e. The lowest BCUT2D eigenvalue weighted by Gasteiger charge is -2.09. The first-order chi connectivity index (χ1) is 11.2. The van der Waals surface area contributed by atoms with E-state index in [0.29, 0.717) is 0 Å². The van der Waals surface area contributed by atoms with E-state index in [0.717, 1.165) is 33.7 Å². The molecule has 112 valence electrons. The normalized spacial score (nSPS) is 11.0. The molecule has 2 aromatic heterocycles. The Hall–Kier alpha value is -3.01. The first-order valence-electron chi connectivity index (χ1n) is 7.38. The maximum absolute atomic E-state index is 13.2. The quantitative estimate of drug-likeness (QED) is 0.544. The van der Waals surface area contributed by atoms with E-state index in [-0.39, 0.29) is 5.82 Å². The van der Waals surface area contributed by atoms with E-state index in [1.807, 2.05) is 19.1 Å². The standard InChI is InChI=1S/C19H14FN3/c1-13-2-7-18-17(12-13)22-19(14-3-5-15(20)6-4-14)23(18)16-8-10-21-11-9-16/h2-12H,1H3. The summed E-state index contributed by atoms with van der Waals surface area (Å²) in [4.78, 5) is 8.85. The van der Waals surface area contributed by atoms with Crippen LogP contribution in [0, 0.1) is 12.7 Å². The number of imidazole rings is 1. The zero-order chi connectivity index (χ0) is 15.8. The number of hydrogen-bond donors (Lipinski definition) is 0. The first kappa shape index (κ1) is 13.6. The zero-order valence-electron chi connectivity index (χ0n) is 12.6. The molecule has 2 aromatic carbocycles. The summed E-state index contributed by atoms with van der Waals surface area (Å²) >= 11 is 0. The lowest BCUT2D eigenvalue weighted by molar-refractivity contribution is 0.628. The fourth-order valence-corrected chi connectivity index (χ4v) is 2.74. The van der Waals surface area contributed by atoms with E-state index in [9.17, 15) is 4.39 Å². The molecule has 4 heteroatoms. The van der Waals surface area contributed by atoms with Crippen LogP contribution in [-0.4, -0.2) is 14.5 Å². The number of aromatic nitrogens is 3. The van der Waals surface area contributed by atoms with Crippen LogP contribution in [0.2, 0.25) is 0 Å². The van der Waals surface area contributed by atoms with Crippen LogP contribution in [0.15, 0.2) is 67.0 Å². The van der Waals surface area contributed by atoms with E-state index in [1.165, 1.54) is 12.1 Å². The van der Waals surface area contributed by atoms with Gasteiger partial charge in [0.2, 0.25) is 0 Å². The van der Waals surface area contributed by atoms with Crippen LogP contribution in [0.4, 0.5) is 4.39 Å². The number of pyridine rings is 1. The number of fused-ring (bicyclic) bond motifs is 1. The molecule has 0 radical (unpaired) electrons. The molecule has 0 bridgehead atoms. The van der Waals surface area contributed by atoms with Gasteiger partial charge in [-0.15, -0.1) is 0 Å². The van der Waals surface area contributed by atoms with Gasteiger partial charge in [-0.05, 0) is 61.0 Å². The minimum Gasteiger partial charge on any atom is -0.292 e. The largest absolute Gasteiger partial charge is 0.292 e. The minimum absolute atomic E-state index is 0.254. The Morgan fingerprint density at radius 2 is 1.65 bits per heavy atom. The van der Waals surface area contributed by atoms with Crippen molar-refractivity contribution in [1.29, 1.82) is 0 Å². The Morgan fingerprint density at radius 3 is 2.39 bits per heavy atom. The topological polar surface area (TPSA) is 30.7 Å². The monoisotopic (exact) mass is 303 g/mol. The van der Waals surface area contributed by atoms with Gasteiger partial charge in [0, 0.05) is 18.0 Å². The smallest absolute Gasteiger partial charge is 0.145 e. The van der Waals surface area contributed by atoms with Crippen LogP contribution in [-0.2, 0) is 0 Å². The third-order valence-electron chi connectivity index (χ3n) is 3.83. The maximum atomic E-state index is 13.2. The number of nitrogens with zero attached hydrogens (tertiary/aromatic N) is 3. The molecule has 0 fully saturated rings. The average Bonchev–Trinajstić information content (AvgIpc) is 2.94. The SMILES string of the molecule is Cc1ccc2c(c1)nc(-c1ccc(F)cc1)n2-c1ccncc1. The van der Waals surface area contributed by atoms with Gasteiger partial charge in [0.25, 0.3) is 0 Å². The summed E-state index contributed by atoms with van der Waals surface area (Å²) in [6.45, 7) is 2.04. The van der Waals surface area contributed by atoms with Crippen molar-refractivity contribution in [1.82, 2.24) is 14.5 Å². The molecule has 0 unspecified atom stereocenters. The number of aryl methyl sites for hydroxylation is 1. The van der Waals surface area contributed by atoms with Crippen molar-refractivity contribution >= 4 is 11.0 Å². The van der Waals surface area contributed by atoms with Gasteiger partial charge in [-0.1, -0.05) is 6.07 Å². The number of benzene rings is 2. The molecule has 2 heterocycles. The third kappa shape index (κ3) is 2.38. The van der Waals surface area contributed by atoms with Gasteiger partial charge < -0.3 is 0 Å². The third-order valence-corrected chi connectivity index (χ3v) is 3.83. The van der Waals surface area contributed by atoms with E-state index in [4.69, 9.17) is 4.98 Å². The van der Waals surface area contributed by atoms with Gasteiger partial charge in [0.1, 0.15) is 11.6 Å². The Bertz CT molecular complexity index is 973.